The predicted molar refractivity (Wildman–Crippen MR) is 156 cm³/mol. The van der Waals surface area contributed by atoms with Crippen LogP contribution >= 0.6 is 0 Å². The van der Waals surface area contributed by atoms with Crippen LogP contribution in [0.15, 0.2) is 71.6 Å². The van der Waals surface area contributed by atoms with Crippen molar-refractivity contribution in [1.82, 2.24) is 9.80 Å². The zero-order valence-corrected chi connectivity index (χ0v) is 26.5. The lowest BCUT2D eigenvalue weighted by atomic mass is 9.88. The minimum absolute atomic E-state index is 0.00623. The molecule has 50 heavy (non-hydrogen) atoms. The number of halogens is 9. The summed E-state index contributed by atoms with van der Waals surface area (Å²) in [6, 6.07) is 6.91. The zero-order valence-electron chi connectivity index (χ0n) is 25.7. The first-order valence-electron chi connectivity index (χ1n) is 15.0. The van der Waals surface area contributed by atoms with E-state index in [1.54, 1.807) is 0 Å². The van der Waals surface area contributed by atoms with Crippen LogP contribution < -0.4 is 0 Å². The van der Waals surface area contributed by atoms with Crippen molar-refractivity contribution in [2.24, 2.45) is 0 Å². The summed E-state index contributed by atoms with van der Waals surface area (Å²) in [5.41, 5.74) is -8.24. The Morgan fingerprint density at radius 1 is 0.820 bits per heavy atom. The van der Waals surface area contributed by atoms with Gasteiger partial charge in [-0.2, -0.15) is 26.3 Å². The fraction of sp³-hybridized carbons (Fsp3) is 0.406. The second-order valence-electron chi connectivity index (χ2n) is 12.0. The third kappa shape index (κ3) is 6.41. The molecule has 5 rings (SSSR count). The van der Waals surface area contributed by atoms with Crippen molar-refractivity contribution >= 4 is 15.9 Å². The van der Waals surface area contributed by atoms with E-state index in [1.807, 2.05) is 0 Å². The number of hydrogen-bond donors (Lipinski definition) is 2. The van der Waals surface area contributed by atoms with Gasteiger partial charge in [-0.15, -0.1) is 0 Å². The molecule has 2 heterocycles. The van der Waals surface area contributed by atoms with Crippen molar-refractivity contribution in [2.75, 3.05) is 26.2 Å². The second-order valence-corrected chi connectivity index (χ2v) is 14.3. The van der Waals surface area contributed by atoms with Gasteiger partial charge in [0.05, 0.1) is 30.3 Å². The molecular weight excluding hydrogens is 711 g/mol. The highest BCUT2D eigenvalue weighted by Crippen LogP contribution is 2.54. The molecule has 2 unspecified atom stereocenters. The van der Waals surface area contributed by atoms with Gasteiger partial charge in [-0.05, 0) is 54.8 Å². The molecule has 2 saturated heterocycles. The highest BCUT2D eigenvalue weighted by atomic mass is 32.2. The van der Waals surface area contributed by atoms with Crippen molar-refractivity contribution in [3.05, 3.63) is 101 Å². The number of aliphatic hydroxyl groups excluding tert-OH is 2. The topological polar surface area (TPSA) is 107 Å². The molecule has 2 aliphatic heterocycles. The number of piperidine rings is 1. The maximum atomic E-state index is 14.5. The molecule has 2 fully saturated rings. The fourth-order valence-electron chi connectivity index (χ4n) is 6.28. The van der Waals surface area contributed by atoms with Crippen LogP contribution in [0.5, 0.6) is 0 Å². The monoisotopic (exact) mass is 740 g/mol. The van der Waals surface area contributed by atoms with Crippen LogP contribution in [0.3, 0.4) is 0 Å². The fourth-order valence-corrected chi connectivity index (χ4v) is 8.36. The smallest absolute Gasteiger partial charge is 0.390 e. The van der Waals surface area contributed by atoms with E-state index in [0.29, 0.717) is 36.4 Å². The minimum atomic E-state index is -6.25. The normalized spacial score (nSPS) is 22.2. The van der Waals surface area contributed by atoms with Crippen molar-refractivity contribution in [2.45, 2.75) is 59.3 Å². The maximum Gasteiger partial charge on any atom is 0.430 e. The molecule has 0 aromatic heterocycles. The predicted octanol–water partition coefficient (Wildman–Crippen LogP) is 5.56. The van der Waals surface area contributed by atoms with E-state index in [9.17, 15) is 62.9 Å². The zero-order chi connectivity index (χ0) is 36.9. The largest absolute Gasteiger partial charge is 0.430 e. The van der Waals surface area contributed by atoms with Crippen LogP contribution in [0.1, 0.15) is 29.5 Å². The molecule has 2 aliphatic rings. The summed E-state index contributed by atoms with van der Waals surface area (Å²) < 4.78 is 160. The SMILES string of the molecule is O=C(N1CCC(O)C(O)C1)N1CC[C@](c2ccc(C(OCc3c(F)cccc3F)(C(F)(F)F)C(F)(F)F)cc2)(S(=O)(=O)c2ccc(F)cc2)C1. The summed E-state index contributed by atoms with van der Waals surface area (Å²) in [4.78, 5) is 15.2. The Balaban J connectivity index is 1.58. The molecule has 8 nitrogen and oxygen atoms in total. The van der Waals surface area contributed by atoms with Gasteiger partial charge in [0.1, 0.15) is 22.2 Å². The first kappa shape index (κ1) is 37.4. The maximum absolute atomic E-state index is 14.5. The lowest BCUT2D eigenvalue weighted by Gasteiger charge is -2.38. The van der Waals surface area contributed by atoms with Gasteiger partial charge in [-0.25, -0.2) is 26.4 Å². The second kappa shape index (κ2) is 13.4. The lowest BCUT2D eigenvalue weighted by Crippen LogP contribution is -2.56. The number of hydrogen-bond acceptors (Lipinski definition) is 6. The first-order valence-corrected chi connectivity index (χ1v) is 16.4. The van der Waals surface area contributed by atoms with Crippen LogP contribution in [0.4, 0.5) is 44.3 Å². The Morgan fingerprint density at radius 2 is 1.40 bits per heavy atom. The molecule has 0 spiro atoms. The van der Waals surface area contributed by atoms with Crippen molar-refractivity contribution in [1.29, 1.82) is 0 Å². The first-order chi connectivity index (χ1) is 23.2. The van der Waals surface area contributed by atoms with Crippen molar-refractivity contribution in [3.63, 3.8) is 0 Å². The molecule has 2 N–H and O–H groups in total. The number of carbonyl (C=O) groups excluding carboxylic acids is 1. The molecule has 0 saturated carbocycles. The van der Waals surface area contributed by atoms with Crippen LogP contribution in [0.2, 0.25) is 0 Å². The van der Waals surface area contributed by atoms with Gasteiger partial charge in [0, 0.05) is 30.8 Å². The number of rotatable bonds is 7. The van der Waals surface area contributed by atoms with Crippen molar-refractivity contribution < 1.29 is 67.7 Å². The molecule has 2 amide bonds. The van der Waals surface area contributed by atoms with E-state index in [4.69, 9.17) is 0 Å². The number of amides is 2. The standard InChI is InChI=1S/C32H29F9N2O6S/c33-21-8-10-22(11-9-21)50(47,48)29(13-15-43(18-29)28(46)42-14-12-26(44)27(45)16-42)19-4-6-20(7-5-19)30(31(36,37)38,32(39,40)41)49-17-23-24(34)2-1-3-25(23)35/h1-11,26-27,44-45H,12-18H2/t26?,27?,29-/m0/s1. The minimum Gasteiger partial charge on any atom is -0.390 e. The summed E-state index contributed by atoms with van der Waals surface area (Å²) in [7, 11) is -4.68. The number of benzene rings is 3. The average Bonchev–Trinajstić information content (AvgIpc) is 3.50. The quantitative estimate of drug-likeness (QED) is 0.243. The summed E-state index contributed by atoms with van der Waals surface area (Å²) in [5, 5.41) is 19.9. The molecule has 3 aromatic carbocycles. The number of aliphatic hydroxyl groups is 2. The van der Waals surface area contributed by atoms with Gasteiger partial charge in [-0.1, -0.05) is 30.3 Å². The number of carbonyl (C=O) groups is 1. The average molecular weight is 741 g/mol. The van der Waals surface area contributed by atoms with Gasteiger partial charge in [0.15, 0.2) is 9.84 Å². The molecule has 18 heteroatoms. The van der Waals surface area contributed by atoms with E-state index in [1.165, 1.54) is 0 Å². The number of nitrogens with zero attached hydrogens (tertiary/aromatic N) is 2. The van der Waals surface area contributed by atoms with E-state index < -0.39 is 104 Å². The number of sulfone groups is 1. The molecule has 272 valence electrons. The van der Waals surface area contributed by atoms with Gasteiger partial charge in [-0.3, -0.25) is 0 Å². The van der Waals surface area contributed by atoms with Crippen LogP contribution in [0, 0.1) is 17.5 Å². The number of likely N-dealkylation sites (tertiary alicyclic amines) is 2. The van der Waals surface area contributed by atoms with E-state index in [-0.39, 0.29) is 31.6 Å². The third-order valence-electron chi connectivity index (χ3n) is 9.07. The molecule has 0 bridgehead atoms. The van der Waals surface area contributed by atoms with E-state index >= 15 is 0 Å². The Bertz CT molecular complexity index is 1790. The van der Waals surface area contributed by atoms with Gasteiger partial charge in [0.25, 0.3) is 5.60 Å². The molecule has 3 atom stereocenters. The molecule has 0 aliphatic carbocycles. The van der Waals surface area contributed by atoms with Crippen molar-refractivity contribution in [3.8, 4) is 0 Å². The number of alkyl halides is 6. The van der Waals surface area contributed by atoms with Gasteiger partial charge < -0.3 is 24.7 Å². The highest BCUT2D eigenvalue weighted by molar-refractivity contribution is 7.92. The molecule has 0 radical (unpaired) electrons. The summed E-state index contributed by atoms with van der Waals surface area (Å²) in [5.74, 6) is -3.72. The Kier molecular flexibility index (Phi) is 9.98. The van der Waals surface area contributed by atoms with Crippen LogP contribution in [0.25, 0.3) is 0 Å². The summed E-state index contributed by atoms with van der Waals surface area (Å²) >= 11 is 0. The Hall–Kier alpha value is -3.87. The van der Waals surface area contributed by atoms with Gasteiger partial charge >= 0.3 is 18.4 Å². The molecular formula is C32H29F9N2O6S. The Labute approximate surface area is 279 Å². The number of β-amino-alcohol motifs (C(OH)–C–C–N with tert-alkyl or cyclic N) is 1. The van der Waals surface area contributed by atoms with Gasteiger partial charge in [0.2, 0.25) is 0 Å². The number of urea groups is 1. The third-order valence-corrected chi connectivity index (χ3v) is 11.6. The summed E-state index contributed by atoms with van der Waals surface area (Å²) in [6.45, 7) is -3.00. The number of ether oxygens (including phenoxy) is 1. The highest BCUT2D eigenvalue weighted by Gasteiger charge is 2.73. The van der Waals surface area contributed by atoms with E-state index in [2.05, 4.69) is 4.74 Å². The summed E-state index contributed by atoms with van der Waals surface area (Å²) in [6.07, 6.45) is -15.3. The molecule has 3 aromatic rings. The lowest BCUT2D eigenvalue weighted by molar-refractivity contribution is -0.392. The van der Waals surface area contributed by atoms with E-state index in [0.717, 1.165) is 40.1 Å². The van der Waals surface area contributed by atoms with Crippen LogP contribution in [-0.2, 0) is 31.5 Å². The van der Waals surface area contributed by atoms with Crippen LogP contribution in [-0.4, -0.2) is 85.2 Å². The Morgan fingerprint density at radius 3 is 1.94 bits per heavy atom.